The first-order chi connectivity index (χ1) is 8.22. The van der Waals surface area contributed by atoms with Gasteiger partial charge in [0.1, 0.15) is 0 Å². The molecule has 0 unspecified atom stereocenters. The normalized spacial score (nSPS) is 12.2. The Balaban J connectivity index is 3.01. The highest BCUT2D eigenvalue weighted by molar-refractivity contribution is 7.13. The Labute approximate surface area is 106 Å². The molecule has 1 aromatic rings. The number of hydrogen-bond donors (Lipinski definition) is 3. The molecule has 0 aliphatic heterocycles. The van der Waals surface area contributed by atoms with E-state index in [9.17, 15) is 9.59 Å². The molecule has 0 spiro atoms. The highest BCUT2D eigenvalue weighted by atomic mass is 32.1. The van der Waals surface area contributed by atoms with Crippen molar-refractivity contribution >= 4 is 40.1 Å². The molecule has 1 rings (SSSR count). The minimum atomic E-state index is -1.71. The van der Waals surface area contributed by atoms with Crippen LogP contribution in [0.2, 0.25) is 0 Å². The monoisotopic (exact) mass is 273 g/mol. The van der Waals surface area contributed by atoms with Crippen LogP contribution in [-0.2, 0) is 14.3 Å². The minimum Gasteiger partial charge on any atom is -0.478 e. The molecule has 98 valence electrons. The van der Waals surface area contributed by atoms with Crippen LogP contribution >= 0.6 is 11.3 Å². The van der Waals surface area contributed by atoms with Gasteiger partial charge in [0.25, 0.3) is 0 Å². The number of aromatic nitrogens is 1. The van der Waals surface area contributed by atoms with Gasteiger partial charge in [-0.2, -0.15) is 4.99 Å². The first-order valence-electron chi connectivity index (χ1n) is 4.68. The summed E-state index contributed by atoms with van der Waals surface area (Å²) in [5.41, 5.74) is 3.65. The number of anilines is 1. The molecular weight excluding hydrogens is 262 g/mol. The molecule has 0 aliphatic carbocycles. The third-order valence-electron chi connectivity index (χ3n) is 1.78. The summed E-state index contributed by atoms with van der Waals surface area (Å²) < 4.78 is 4.85. The lowest BCUT2D eigenvalue weighted by atomic mass is 10.1. The molecule has 0 atom stereocenters. The van der Waals surface area contributed by atoms with Gasteiger partial charge in [-0.05, 0) is 13.8 Å². The van der Waals surface area contributed by atoms with Gasteiger partial charge in [-0.25, -0.2) is 14.6 Å². The molecule has 0 saturated heterocycles. The number of ether oxygens (including phenoxy) is 1. The Hall–Kier alpha value is -2.16. The van der Waals surface area contributed by atoms with Crippen molar-refractivity contribution in [1.29, 1.82) is 0 Å². The number of aliphatic carboxylic acids is 2. The Kier molecular flexibility index (Phi) is 3.86. The number of nitrogen functional groups attached to an aromatic ring is 1. The quantitative estimate of drug-likeness (QED) is 0.545. The summed E-state index contributed by atoms with van der Waals surface area (Å²) in [5, 5.41) is 19.4. The van der Waals surface area contributed by atoms with Gasteiger partial charge in [-0.1, -0.05) is 0 Å². The number of hydrogen-bond acceptors (Lipinski definition) is 7. The van der Waals surface area contributed by atoms with Crippen molar-refractivity contribution in [3.63, 3.8) is 0 Å². The number of carbonyl (C=O) groups is 2. The van der Waals surface area contributed by atoms with Crippen molar-refractivity contribution in [3.05, 3.63) is 5.38 Å². The van der Waals surface area contributed by atoms with E-state index < -0.39 is 23.4 Å². The fourth-order valence-electron chi connectivity index (χ4n) is 0.834. The number of rotatable bonds is 3. The van der Waals surface area contributed by atoms with Crippen LogP contribution < -0.4 is 5.73 Å². The van der Waals surface area contributed by atoms with Crippen molar-refractivity contribution < 1.29 is 24.5 Å². The van der Waals surface area contributed by atoms with E-state index in [4.69, 9.17) is 20.7 Å². The van der Waals surface area contributed by atoms with Crippen LogP contribution in [0.1, 0.15) is 13.8 Å². The molecule has 9 heteroatoms. The van der Waals surface area contributed by atoms with Crippen molar-refractivity contribution in [1.82, 2.24) is 4.98 Å². The summed E-state index contributed by atoms with van der Waals surface area (Å²) in [6, 6.07) is 0. The van der Waals surface area contributed by atoms with Crippen LogP contribution in [-0.4, -0.2) is 38.6 Å². The van der Waals surface area contributed by atoms with Crippen LogP contribution in [0, 0.1) is 0 Å². The largest absolute Gasteiger partial charge is 0.478 e. The second kappa shape index (κ2) is 5.00. The lowest BCUT2D eigenvalue weighted by Crippen LogP contribution is -2.39. The fourth-order valence-corrected chi connectivity index (χ4v) is 1.31. The zero-order valence-corrected chi connectivity index (χ0v) is 10.4. The molecule has 8 nitrogen and oxygen atoms in total. The van der Waals surface area contributed by atoms with E-state index in [-0.39, 0.29) is 10.9 Å². The summed E-state index contributed by atoms with van der Waals surface area (Å²) in [4.78, 5) is 29.1. The van der Waals surface area contributed by atoms with E-state index in [2.05, 4.69) is 9.98 Å². The van der Waals surface area contributed by atoms with Gasteiger partial charge < -0.3 is 20.7 Å². The Morgan fingerprint density at radius 1 is 1.50 bits per heavy atom. The molecule has 0 aliphatic rings. The molecule has 18 heavy (non-hydrogen) atoms. The van der Waals surface area contributed by atoms with E-state index in [1.807, 2.05) is 0 Å². The van der Waals surface area contributed by atoms with Crippen molar-refractivity contribution in [3.8, 4) is 0 Å². The Morgan fingerprint density at radius 2 is 2.11 bits per heavy atom. The van der Waals surface area contributed by atoms with Gasteiger partial charge in [0.15, 0.2) is 10.9 Å². The predicted molar refractivity (Wildman–Crippen MR) is 64.1 cm³/mol. The smallest absolute Gasteiger partial charge is 0.391 e. The maximum Gasteiger partial charge on any atom is 0.391 e. The minimum absolute atomic E-state index is 0.0519. The summed E-state index contributed by atoms with van der Waals surface area (Å²) in [5.74, 6) is -3.51. The predicted octanol–water partition coefficient (Wildman–Crippen LogP) is 0.720. The summed E-state index contributed by atoms with van der Waals surface area (Å²) in [6.07, 6.45) is 0. The number of carboxylic acids is 2. The molecule has 4 N–H and O–H groups in total. The van der Waals surface area contributed by atoms with Crippen LogP contribution in [0.4, 0.5) is 10.9 Å². The van der Waals surface area contributed by atoms with E-state index in [1.165, 1.54) is 19.2 Å². The van der Waals surface area contributed by atoms with Crippen LogP contribution in [0.25, 0.3) is 0 Å². The molecule has 1 heterocycles. The van der Waals surface area contributed by atoms with Gasteiger partial charge in [-0.15, -0.1) is 11.3 Å². The van der Waals surface area contributed by atoms with Crippen LogP contribution in [0.5, 0.6) is 0 Å². The van der Waals surface area contributed by atoms with Gasteiger partial charge >= 0.3 is 17.8 Å². The van der Waals surface area contributed by atoms with E-state index in [1.54, 1.807) is 0 Å². The number of nitrogens with two attached hydrogens (primary N) is 1. The lowest BCUT2D eigenvalue weighted by Gasteiger charge is -2.20. The second-order valence-electron chi connectivity index (χ2n) is 3.68. The van der Waals surface area contributed by atoms with E-state index >= 15 is 0 Å². The Bertz CT molecular complexity index is 508. The average Bonchev–Trinajstić information content (AvgIpc) is 2.62. The maximum absolute atomic E-state index is 10.9. The molecule has 0 fully saturated rings. The molecular formula is C9H11N3O5S. The fraction of sp³-hybridized carbons (Fsp3) is 0.333. The summed E-state index contributed by atoms with van der Waals surface area (Å²) >= 11 is 1.08. The third kappa shape index (κ3) is 3.42. The zero-order chi connectivity index (χ0) is 13.9. The average molecular weight is 273 g/mol. The molecule has 0 bridgehead atoms. The first kappa shape index (κ1) is 13.9. The van der Waals surface area contributed by atoms with E-state index in [0.29, 0.717) is 0 Å². The number of aliphatic imine (C=N–C) groups is 1. The molecule has 0 radical (unpaired) electrons. The Morgan fingerprint density at radius 3 is 2.50 bits per heavy atom. The van der Waals surface area contributed by atoms with E-state index in [0.717, 1.165) is 11.3 Å². The van der Waals surface area contributed by atoms with Crippen molar-refractivity contribution in [2.75, 3.05) is 5.73 Å². The zero-order valence-electron chi connectivity index (χ0n) is 9.58. The third-order valence-corrected chi connectivity index (χ3v) is 2.44. The maximum atomic E-state index is 10.9. The molecule has 0 amide bonds. The van der Waals surface area contributed by atoms with Crippen molar-refractivity contribution in [2.45, 2.75) is 19.4 Å². The number of nitrogens with zero attached hydrogens (tertiary/aromatic N) is 2. The van der Waals surface area contributed by atoms with Gasteiger partial charge in [0.2, 0.25) is 5.60 Å². The summed E-state index contributed by atoms with van der Waals surface area (Å²) in [6.45, 7) is 2.42. The topological polar surface area (TPSA) is 135 Å². The number of carboxylic acid groups (broad SMARTS) is 2. The van der Waals surface area contributed by atoms with Gasteiger partial charge in [0.05, 0.1) is 0 Å². The van der Waals surface area contributed by atoms with Gasteiger partial charge in [0, 0.05) is 5.38 Å². The van der Waals surface area contributed by atoms with Crippen LogP contribution in [0.15, 0.2) is 10.4 Å². The van der Waals surface area contributed by atoms with Crippen molar-refractivity contribution in [2.24, 2.45) is 4.99 Å². The van der Waals surface area contributed by atoms with Crippen LogP contribution in [0.3, 0.4) is 0 Å². The SMILES string of the molecule is CC(C)(OC(=Nc1csc(N)n1)C(=O)O)C(=O)O. The molecule has 0 saturated carbocycles. The molecule has 0 aromatic carbocycles. The highest BCUT2D eigenvalue weighted by Crippen LogP contribution is 2.20. The second-order valence-corrected chi connectivity index (χ2v) is 4.57. The standard InChI is InChI=1S/C9H11N3O5S/c1-9(2,7(15)16)17-5(6(13)14)11-4-3-18-8(10)12-4/h3H,1-2H3,(H2,10,12)(H,13,14)(H,15,16). The highest BCUT2D eigenvalue weighted by Gasteiger charge is 2.33. The van der Waals surface area contributed by atoms with Gasteiger partial charge in [-0.3, -0.25) is 0 Å². The summed E-state index contributed by atoms with van der Waals surface area (Å²) in [7, 11) is 0. The number of thiazole rings is 1. The lowest BCUT2D eigenvalue weighted by molar-refractivity contribution is -0.154. The first-order valence-corrected chi connectivity index (χ1v) is 5.55. The molecule has 1 aromatic heterocycles.